The molecule has 0 spiro atoms. The topological polar surface area (TPSA) is 93.7 Å². The number of ether oxygens (including phenoxy) is 2. The Morgan fingerprint density at radius 1 is 1.17 bits per heavy atom. The summed E-state index contributed by atoms with van der Waals surface area (Å²) >= 11 is 1.30. The van der Waals surface area contributed by atoms with Crippen LogP contribution in [-0.2, 0) is 4.79 Å². The standard InChI is InChI=1S/C21H18N4O4S/c1-11-23-24-21(30-11)22-19(26)17-13-5-3-4-6-14(13)20(27)25(2)18(17)12-7-8-15-16(9-12)29-10-28-15/h3-9,17-18H,10H2,1-2H3,(H,22,24,26)/t17-,18+/m1/s1. The maximum absolute atomic E-state index is 13.4. The van der Waals surface area contributed by atoms with Crippen molar-refractivity contribution in [1.29, 1.82) is 0 Å². The van der Waals surface area contributed by atoms with Crippen molar-refractivity contribution in [3.05, 3.63) is 64.2 Å². The number of nitrogens with one attached hydrogen (secondary N) is 1. The summed E-state index contributed by atoms with van der Waals surface area (Å²) < 4.78 is 10.9. The van der Waals surface area contributed by atoms with Crippen molar-refractivity contribution in [1.82, 2.24) is 15.1 Å². The van der Waals surface area contributed by atoms with Gasteiger partial charge in [0.2, 0.25) is 17.8 Å². The number of hydrogen-bond donors (Lipinski definition) is 1. The van der Waals surface area contributed by atoms with Crippen molar-refractivity contribution in [2.45, 2.75) is 18.9 Å². The Balaban J connectivity index is 1.61. The minimum atomic E-state index is -0.631. The highest BCUT2D eigenvalue weighted by Gasteiger charge is 2.43. The summed E-state index contributed by atoms with van der Waals surface area (Å²) in [6.45, 7) is 1.98. The summed E-state index contributed by atoms with van der Waals surface area (Å²) in [6, 6.07) is 12.2. The molecule has 0 bridgehead atoms. The molecular weight excluding hydrogens is 404 g/mol. The second kappa shape index (κ2) is 7.10. The Labute approximate surface area is 176 Å². The number of benzene rings is 2. The minimum Gasteiger partial charge on any atom is -0.454 e. The Morgan fingerprint density at radius 2 is 1.97 bits per heavy atom. The van der Waals surface area contributed by atoms with Gasteiger partial charge in [-0.2, -0.15) is 0 Å². The molecule has 9 heteroatoms. The zero-order chi connectivity index (χ0) is 20.8. The molecule has 1 aromatic heterocycles. The third-order valence-electron chi connectivity index (χ3n) is 5.36. The largest absolute Gasteiger partial charge is 0.454 e. The number of carbonyl (C=O) groups is 2. The molecular formula is C21H18N4O4S. The van der Waals surface area contributed by atoms with Crippen LogP contribution < -0.4 is 14.8 Å². The van der Waals surface area contributed by atoms with Crippen molar-refractivity contribution >= 4 is 28.3 Å². The Morgan fingerprint density at radius 3 is 2.77 bits per heavy atom. The molecule has 5 rings (SSSR count). The molecule has 0 saturated heterocycles. The molecule has 2 amide bonds. The van der Waals surface area contributed by atoms with E-state index in [9.17, 15) is 9.59 Å². The number of rotatable bonds is 3. The lowest BCUT2D eigenvalue weighted by Gasteiger charge is -2.39. The Bertz CT molecular complexity index is 1160. The van der Waals surface area contributed by atoms with Gasteiger partial charge in [0.15, 0.2) is 11.5 Å². The van der Waals surface area contributed by atoms with Crippen LogP contribution in [0.25, 0.3) is 0 Å². The summed E-state index contributed by atoms with van der Waals surface area (Å²) in [5.41, 5.74) is 1.99. The fraction of sp³-hybridized carbons (Fsp3) is 0.238. The van der Waals surface area contributed by atoms with E-state index in [4.69, 9.17) is 9.47 Å². The molecule has 3 aromatic rings. The van der Waals surface area contributed by atoms with Gasteiger partial charge in [-0.3, -0.25) is 14.9 Å². The van der Waals surface area contributed by atoms with Gasteiger partial charge in [-0.15, -0.1) is 10.2 Å². The predicted octanol–water partition coefficient (Wildman–Crippen LogP) is 3.12. The summed E-state index contributed by atoms with van der Waals surface area (Å²) in [5, 5.41) is 12.0. The van der Waals surface area contributed by atoms with E-state index in [-0.39, 0.29) is 18.6 Å². The van der Waals surface area contributed by atoms with Crippen LogP contribution >= 0.6 is 11.3 Å². The molecule has 30 heavy (non-hydrogen) atoms. The van der Waals surface area contributed by atoms with Gasteiger partial charge < -0.3 is 14.4 Å². The van der Waals surface area contributed by atoms with E-state index in [1.54, 1.807) is 30.1 Å². The number of likely N-dealkylation sites (N-methyl/N-ethyl adjacent to an activating group) is 1. The second-order valence-electron chi connectivity index (χ2n) is 7.15. The van der Waals surface area contributed by atoms with E-state index in [0.717, 1.165) is 10.6 Å². The summed E-state index contributed by atoms with van der Waals surface area (Å²) in [5.74, 6) is 0.235. The van der Waals surface area contributed by atoms with Crippen LogP contribution in [0.5, 0.6) is 11.5 Å². The van der Waals surface area contributed by atoms with Crippen LogP contribution in [0.1, 0.15) is 38.5 Å². The number of carbonyl (C=O) groups excluding carboxylic acids is 2. The van der Waals surface area contributed by atoms with Crippen LogP contribution in [0, 0.1) is 6.92 Å². The molecule has 2 aromatic carbocycles. The average Bonchev–Trinajstić information content (AvgIpc) is 3.38. The number of fused-ring (bicyclic) bond motifs is 2. The summed E-state index contributed by atoms with van der Waals surface area (Å²) in [7, 11) is 1.71. The summed E-state index contributed by atoms with van der Waals surface area (Å²) in [4.78, 5) is 28.1. The van der Waals surface area contributed by atoms with Crippen molar-refractivity contribution in [3.63, 3.8) is 0 Å². The van der Waals surface area contributed by atoms with Crippen LogP contribution in [-0.4, -0.2) is 40.8 Å². The highest BCUT2D eigenvalue weighted by atomic mass is 32.1. The normalized spacial score (nSPS) is 19.5. The maximum Gasteiger partial charge on any atom is 0.254 e. The molecule has 0 saturated carbocycles. The molecule has 0 radical (unpaired) electrons. The number of hydrogen-bond acceptors (Lipinski definition) is 7. The van der Waals surface area contributed by atoms with Crippen molar-refractivity contribution in [2.24, 2.45) is 0 Å². The first kappa shape index (κ1) is 18.6. The zero-order valence-corrected chi connectivity index (χ0v) is 17.1. The van der Waals surface area contributed by atoms with E-state index in [2.05, 4.69) is 15.5 Å². The summed E-state index contributed by atoms with van der Waals surface area (Å²) in [6.07, 6.45) is 0. The van der Waals surface area contributed by atoms with Gasteiger partial charge in [0.25, 0.3) is 5.91 Å². The quantitative estimate of drug-likeness (QED) is 0.697. The number of nitrogens with zero attached hydrogens (tertiary/aromatic N) is 3. The number of aryl methyl sites for hydroxylation is 1. The SMILES string of the molecule is Cc1nnc(NC(=O)[C@@H]2c3ccccc3C(=O)N(C)[C@H]2c2ccc3c(c2)OCO3)s1. The van der Waals surface area contributed by atoms with Gasteiger partial charge in [0.05, 0.1) is 12.0 Å². The van der Waals surface area contributed by atoms with Gasteiger partial charge in [0, 0.05) is 12.6 Å². The van der Waals surface area contributed by atoms with E-state index >= 15 is 0 Å². The second-order valence-corrected chi connectivity index (χ2v) is 8.34. The lowest BCUT2D eigenvalue weighted by Crippen LogP contribution is -2.44. The zero-order valence-electron chi connectivity index (χ0n) is 16.3. The molecule has 0 fully saturated rings. The van der Waals surface area contributed by atoms with E-state index in [1.807, 2.05) is 31.2 Å². The predicted molar refractivity (Wildman–Crippen MR) is 110 cm³/mol. The molecule has 2 atom stereocenters. The smallest absolute Gasteiger partial charge is 0.254 e. The first-order valence-electron chi connectivity index (χ1n) is 9.39. The number of anilines is 1. The molecule has 0 aliphatic carbocycles. The van der Waals surface area contributed by atoms with E-state index < -0.39 is 12.0 Å². The first-order chi connectivity index (χ1) is 14.5. The third kappa shape index (κ3) is 2.98. The molecule has 0 unspecified atom stereocenters. The van der Waals surface area contributed by atoms with Gasteiger partial charge in [-0.1, -0.05) is 35.6 Å². The van der Waals surface area contributed by atoms with E-state index in [0.29, 0.717) is 27.8 Å². The first-order valence-corrected chi connectivity index (χ1v) is 10.2. The monoisotopic (exact) mass is 422 g/mol. The number of aromatic nitrogens is 2. The van der Waals surface area contributed by atoms with Crippen LogP contribution in [0.2, 0.25) is 0 Å². The fourth-order valence-corrected chi connectivity index (χ4v) is 4.60. The molecule has 8 nitrogen and oxygen atoms in total. The van der Waals surface area contributed by atoms with Crippen molar-refractivity contribution in [3.8, 4) is 11.5 Å². The van der Waals surface area contributed by atoms with Crippen LogP contribution in [0.4, 0.5) is 5.13 Å². The van der Waals surface area contributed by atoms with Gasteiger partial charge >= 0.3 is 0 Å². The fourth-order valence-electron chi connectivity index (χ4n) is 4.00. The maximum atomic E-state index is 13.4. The lowest BCUT2D eigenvalue weighted by atomic mass is 9.79. The molecule has 2 aliphatic heterocycles. The molecule has 2 aliphatic rings. The average molecular weight is 422 g/mol. The van der Waals surface area contributed by atoms with Crippen LogP contribution in [0.15, 0.2) is 42.5 Å². The Hall–Kier alpha value is -3.46. The highest BCUT2D eigenvalue weighted by molar-refractivity contribution is 7.15. The van der Waals surface area contributed by atoms with Gasteiger partial charge in [-0.05, 0) is 36.2 Å². The Kier molecular flexibility index (Phi) is 4.39. The van der Waals surface area contributed by atoms with E-state index in [1.165, 1.54) is 11.3 Å². The number of amides is 2. The van der Waals surface area contributed by atoms with Gasteiger partial charge in [0.1, 0.15) is 5.01 Å². The third-order valence-corrected chi connectivity index (χ3v) is 6.11. The van der Waals surface area contributed by atoms with Crippen molar-refractivity contribution in [2.75, 3.05) is 19.2 Å². The lowest BCUT2D eigenvalue weighted by molar-refractivity contribution is -0.119. The van der Waals surface area contributed by atoms with Crippen molar-refractivity contribution < 1.29 is 19.1 Å². The molecule has 3 heterocycles. The minimum absolute atomic E-state index is 0.135. The highest BCUT2D eigenvalue weighted by Crippen LogP contribution is 2.45. The van der Waals surface area contributed by atoms with Gasteiger partial charge in [-0.25, -0.2) is 0 Å². The van der Waals surface area contributed by atoms with Crippen LogP contribution in [0.3, 0.4) is 0 Å². The molecule has 152 valence electrons. The molecule has 1 N–H and O–H groups in total.